The van der Waals surface area contributed by atoms with Crippen molar-refractivity contribution in [1.82, 2.24) is 20.0 Å². The van der Waals surface area contributed by atoms with Gasteiger partial charge in [-0.1, -0.05) is 5.16 Å². The van der Waals surface area contributed by atoms with E-state index in [1.54, 1.807) is 23.4 Å². The van der Waals surface area contributed by atoms with Gasteiger partial charge in [-0.3, -0.25) is 4.98 Å². The molecule has 7 heteroatoms. The van der Waals surface area contributed by atoms with Crippen molar-refractivity contribution >= 4 is 18.2 Å². The normalized spacial score (nSPS) is 14.8. The smallest absolute Gasteiger partial charge is 0.409 e. The van der Waals surface area contributed by atoms with Crippen molar-refractivity contribution in [3.8, 4) is 0 Å². The highest BCUT2D eigenvalue weighted by atomic mass is 16.6. The second-order valence-corrected chi connectivity index (χ2v) is 5.03. The molecule has 0 bridgehead atoms. The van der Waals surface area contributed by atoms with Crippen LogP contribution >= 0.6 is 0 Å². The number of nitrogens with zero attached hydrogens (tertiary/aromatic N) is 4. The van der Waals surface area contributed by atoms with Gasteiger partial charge in [0.25, 0.3) is 5.89 Å². The minimum absolute atomic E-state index is 0.282. The summed E-state index contributed by atoms with van der Waals surface area (Å²) in [7, 11) is 0. The molecule has 0 aromatic carbocycles. The number of cyclic esters (lactones) is 1. The molecule has 0 aliphatic carbocycles. The Labute approximate surface area is 127 Å². The first-order chi connectivity index (χ1) is 10.7. The molecular formula is C15H16N4O3. The van der Waals surface area contributed by atoms with E-state index in [0.29, 0.717) is 37.8 Å². The summed E-state index contributed by atoms with van der Waals surface area (Å²) in [4.78, 5) is 21.3. The largest absolute Gasteiger partial charge is 0.448 e. The third kappa shape index (κ3) is 3.49. The van der Waals surface area contributed by atoms with E-state index in [1.807, 2.05) is 19.1 Å². The molecule has 1 fully saturated rings. The summed E-state index contributed by atoms with van der Waals surface area (Å²) < 4.78 is 10.0. The van der Waals surface area contributed by atoms with Crippen molar-refractivity contribution in [3.05, 3.63) is 41.3 Å². The van der Waals surface area contributed by atoms with E-state index in [9.17, 15) is 4.79 Å². The van der Waals surface area contributed by atoms with Gasteiger partial charge in [0.15, 0.2) is 5.82 Å². The van der Waals surface area contributed by atoms with Gasteiger partial charge in [0.05, 0.1) is 6.54 Å². The number of amides is 1. The predicted molar refractivity (Wildman–Crippen MR) is 78.8 cm³/mol. The van der Waals surface area contributed by atoms with Crippen LogP contribution in [0.5, 0.6) is 0 Å². The number of hydrogen-bond acceptors (Lipinski definition) is 6. The molecule has 22 heavy (non-hydrogen) atoms. The number of hydrogen-bond donors (Lipinski definition) is 0. The first-order valence-electron chi connectivity index (χ1n) is 7.05. The summed E-state index contributed by atoms with van der Waals surface area (Å²) in [5, 5.41) is 3.90. The fourth-order valence-electron chi connectivity index (χ4n) is 2.14. The summed E-state index contributed by atoms with van der Waals surface area (Å²) >= 11 is 0. The predicted octanol–water partition coefficient (Wildman–Crippen LogP) is 1.94. The summed E-state index contributed by atoms with van der Waals surface area (Å²) in [5.41, 5.74) is 2.06. The number of aryl methyl sites for hydroxylation is 1. The van der Waals surface area contributed by atoms with E-state index in [-0.39, 0.29) is 6.09 Å². The Bertz CT molecular complexity index is 696. The van der Waals surface area contributed by atoms with Gasteiger partial charge in [-0.15, -0.1) is 0 Å². The minimum atomic E-state index is -0.282. The molecule has 2 aromatic rings. The van der Waals surface area contributed by atoms with Crippen molar-refractivity contribution in [2.45, 2.75) is 13.3 Å². The third-order valence-corrected chi connectivity index (χ3v) is 3.25. The second kappa shape index (κ2) is 6.38. The molecule has 114 valence electrons. The lowest BCUT2D eigenvalue weighted by molar-refractivity contribution is 0.158. The zero-order valence-corrected chi connectivity index (χ0v) is 12.2. The Kier molecular flexibility index (Phi) is 4.13. The van der Waals surface area contributed by atoms with E-state index in [4.69, 9.17) is 9.26 Å². The van der Waals surface area contributed by atoms with Crippen molar-refractivity contribution in [2.24, 2.45) is 0 Å². The Morgan fingerprint density at radius 2 is 2.27 bits per heavy atom. The van der Waals surface area contributed by atoms with E-state index >= 15 is 0 Å². The molecule has 0 spiro atoms. The molecule has 0 radical (unpaired) electrons. The molecular weight excluding hydrogens is 284 g/mol. The molecule has 1 saturated heterocycles. The summed E-state index contributed by atoms with van der Waals surface area (Å²) in [6.07, 6.45) is 7.44. The highest BCUT2D eigenvalue weighted by Crippen LogP contribution is 2.09. The highest BCUT2D eigenvalue weighted by molar-refractivity contribution is 5.69. The average molecular weight is 300 g/mol. The SMILES string of the molecule is Cc1cncc(/C=C/c2nc(CCN3CCOC3=O)no2)c1. The lowest BCUT2D eigenvalue weighted by Crippen LogP contribution is -2.26. The van der Waals surface area contributed by atoms with Gasteiger partial charge in [0.2, 0.25) is 0 Å². The fourth-order valence-corrected chi connectivity index (χ4v) is 2.14. The van der Waals surface area contributed by atoms with Crippen LogP contribution in [-0.4, -0.2) is 45.8 Å². The van der Waals surface area contributed by atoms with Crippen molar-refractivity contribution in [2.75, 3.05) is 19.7 Å². The Balaban J connectivity index is 1.58. The Morgan fingerprint density at radius 3 is 3.05 bits per heavy atom. The van der Waals surface area contributed by atoms with Gasteiger partial charge in [-0.25, -0.2) is 4.79 Å². The number of carbonyl (C=O) groups is 1. The van der Waals surface area contributed by atoms with Gasteiger partial charge in [-0.05, 0) is 30.2 Å². The van der Waals surface area contributed by atoms with Gasteiger partial charge in [-0.2, -0.15) is 4.98 Å². The van der Waals surface area contributed by atoms with Crippen LogP contribution in [0.15, 0.2) is 23.0 Å². The van der Waals surface area contributed by atoms with E-state index in [0.717, 1.165) is 11.1 Å². The standard InChI is InChI=1S/C15H16N4O3/c1-11-8-12(10-16-9-11)2-3-14-17-13(18-22-14)4-5-19-6-7-21-15(19)20/h2-3,8-10H,4-7H2,1H3/b3-2+. The number of aromatic nitrogens is 3. The van der Waals surface area contributed by atoms with Crippen LogP contribution in [0.4, 0.5) is 4.79 Å². The summed E-state index contributed by atoms with van der Waals surface area (Å²) in [6, 6.07) is 2.01. The van der Waals surface area contributed by atoms with E-state index < -0.39 is 0 Å². The van der Waals surface area contributed by atoms with Crippen LogP contribution in [0.2, 0.25) is 0 Å². The number of rotatable bonds is 5. The molecule has 2 aromatic heterocycles. The van der Waals surface area contributed by atoms with Crippen LogP contribution in [0.25, 0.3) is 12.2 Å². The first kappa shape index (κ1) is 14.2. The molecule has 3 heterocycles. The van der Waals surface area contributed by atoms with Crippen LogP contribution in [0, 0.1) is 6.92 Å². The van der Waals surface area contributed by atoms with Gasteiger partial charge in [0, 0.05) is 31.4 Å². The van der Waals surface area contributed by atoms with E-state index in [1.165, 1.54) is 0 Å². The molecule has 1 amide bonds. The fraction of sp³-hybridized carbons (Fsp3) is 0.333. The molecule has 3 rings (SSSR count). The zero-order chi connectivity index (χ0) is 15.4. The summed E-state index contributed by atoms with van der Waals surface area (Å²) in [6.45, 7) is 3.58. The van der Waals surface area contributed by atoms with Gasteiger partial charge < -0.3 is 14.2 Å². The van der Waals surface area contributed by atoms with Crippen LogP contribution in [0.1, 0.15) is 22.8 Å². The van der Waals surface area contributed by atoms with E-state index in [2.05, 4.69) is 15.1 Å². The average Bonchev–Trinajstić information content (AvgIpc) is 3.12. The Morgan fingerprint density at radius 1 is 1.36 bits per heavy atom. The number of ether oxygens (including phenoxy) is 1. The van der Waals surface area contributed by atoms with Gasteiger partial charge >= 0.3 is 6.09 Å². The highest BCUT2D eigenvalue weighted by Gasteiger charge is 2.21. The first-order valence-corrected chi connectivity index (χ1v) is 7.05. The molecule has 0 saturated carbocycles. The number of carbonyl (C=O) groups excluding carboxylic acids is 1. The quantitative estimate of drug-likeness (QED) is 0.839. The maximum atomic E-state index is 11.3. The molecule has 0 atom stereocenters. The lowest BCUT2D eigenvalue weighted by Gasteiger charge is -2.09. The summed E-state index contributed by atoms with van der Waals surface area (Å²) in [5.74, 6) is 1.00. The topological polar surface area (TPSA) is 81.4 Å². The Hall–Kier alpha value is -2.70. The molecule has 0 unspecified atom stereocenters. The number of pyridine rings is 1. The minimum Gasteiger partial charge on any atom is -0.448 e. The zero-order valence-electron chi connectivity index (χ0n) is 12.2. The van der Waals surface area contributed by atoms with Crippen molar-refractivity contribution < 1.29 is 14.1 Å². The molecule has 0 N–H and O–H groups in total. The van der Waals surface area contributed by atoms with Crippen molar-refractivity contribution in [3.63, 3.8) is 0 Å². The maximum absolute atomic E-state index is 11.3. The van der Waals surface area contributed by atoms with Crippen LogP contribution < -0.4 is 0 Å². The molecule has 7 nitrogen and oxygen atoms in total. The van der Waals surface area contributed by atoms with Crippen LogP contribution in [0.3, 0.4) is 0 Å². The van der Waals surface area contributed by atoms with Crippen molar-refractivity contribution in [1.29, 1.82) is 0 Å². The monoisotopic (exact) mass is 300 g/mol. The molecule has 1 aliphatic heterocycles. The van der Waals surface area contributed by atoms with Crippen LogP contribution in [-0.2, 0) is 11.2 Å². The third-order valence-electron chi connectivity index (χ3n) is 3.25. The lowest BCUT2D eigenvalue weighted by atomic mass is 10.2. The van der Waals surface area contributed by atoms with Gasteiger partial charge in [0.1, 0.15) is 6.61 Å². The second-order valence-electron chi connectivity index (χ2n) is 5.03. The molecule has 1 aliphatic rings. The maximum Gasteiger partial charge on any atom is 0.409 e.